The Labute approximate surface area is 70.9 Å². The molecule has 0 fully saturated rings. The maximum Gasteiger partial charge on any atom is 0.109 e. The van der Waals surface area contributed by atoms with Crippen molar-refractivity contribution in [2.45, 2.75) is 20.3 Å². The van der Waals surface area contributed by atoms with E-state index in [4.69, 9.17) is 0 Å². The van der Waals surface area contributed by atoms with Crippen molar-refractivity contribution >= 4 is 11.0 Å². The monoisotopic (exact) mass is 161 g/mol. The molecule has 0 amide bonds. The summed E-state index contributed by atoms with van der Waals surface area (Å²) in [6, 6.07) is 2.05. The molecule has 3 heteroatoms. The van der Waals surface area contributed by atoms with Gasteiger partial charge in [-0.3, -0.25) is 4.98 Å². The Bertz CT molecular complexity index is 403. The zero-order chi connectivity index (χ0) is 8.55. The highest BCUT2D eigenvalue weighted by Gasteiger charge is 2.02. The van der Waals surface area contributed by atoms with Crippen LogP contribution in [0.3, 0.4) is 0 Å². The second-order valence-electron chi connectivity index (χ2n) is 2.85. The highest BCUT2D eigenvalue weighted by atomic mass is 14.9. The van der Waals surface area contributed by atoms with Gasteiger partial charge in [-0.25, -0.2) is 4.98 Å². The molecule has 2 rings (SSSR count). The lowest BCUT2D eigenvalue weighted by molar-refractivity contribution is 1.02. The molecule has 0 aromatic carbocycles. The molecule has 0 atom stereocenters. The molecule has 2 heterocycles. The first kappa shape index (κ1) is 7.28. The maximum absolute atomic E-state index is 4.41. The topological polar surface area (TPSA) is 41.6 Å². The summed E-state index contributed by atoms with van der Waals surface area (Å²) in [5.74, 6) is 0. The van der Waals surface area contributed by atoms with Gasteiger partial charge in [-0.15, -0.1) is 0 Å². The van der Waals surface area contributed by atoms with E-state index in [2.05, 4.69) is 27.9 Å². The van der Waals surface area contributed by atoms with E-state index >= 15 is 0 Å². The predicted molar refractivity (Wildman–Crippen MR) is 48.0 cm³/mol. The van der Waals surface area contributed by atoms with Crippen molar-refractivity contribution in [1.29, 1.82) is 0 Å². The van der Waals surface area contributed by atoms with Crippen LogP contribution in [0.5, 0.6) is 0 Å². The highest BCUT2D eigenvalue weighted by Crippen LogP contribution is 2.13. The molecule has 0 aliphatic heterocycles. The lowest BCUT2D eigenvalue weighted by Gasteiger charge is -1.98. The van der Waals surface area contributed by atoms with Crippen molar-refractivity contribution in [1.82, 2.24) is 15.0 Å². The average Bonchev–Trinajstić information content (AvgIpc) is 2.52. The van der Waals surface area contributed by atoms with E-state index in [1.807, 2.05) is 6.92 Å². The smallest absolute Gasteiger partial charge is 0.109 e. The van der Waals surface area contributed by atoms with Crippen LogP contribution in [0.2, 0.25) is 0 Å². The maximum atomic E-state index is 4.41. The molecule has 12 heavy (non-hydrogen) atoms. The molecule has 62 valence electrons. The Morgan fingerprint density at radius 2 is 2.33 bits per heavy atom. The van der Waals surface area contributed by atoms with E-state index in [9.17, 15) is 0 Å². The molecule has 3 nitrogen and oxygen atoms in total. The fourth-order valence-corrected chi connectivity index (χ4v) is 1.35. The average molecular weight is 161 g/mol. The lowest BCUT2D eigenvalue weighted by Crippen LogP contribution is -1.90. The normalized spacial score (nSPS) is 10.8. The molecule has 0 saturated heterocycles. The van der Waals surface area contributed by atoms with Crippen molar-refractivity contribution in [3.63, 3.8) is 0 Å². The summed E-state index contributed by atoms with van der Waals surface area (Å²) >= 11 is 0. The van der Waals surface area contributed by atoms with Gasteiger partial charge in [-0.2, -0.15) is 0 Å². The van der Waals surface area contributed by atoms with Gasteiger partial charge in [-0.1, -0.05) is 6.92 Å². The molecule has 0 bridgehead atoms. The Morgan fingerprint density at radius 1 is 1.50 bits per heavy atom. The second-order valence-corrected chi connectivity index (χ2v) is 2.85. The standard InChI is InChI=1S/C9H11N3/c1-3-7-4-8-9(6(2)12-7)11-5-10-8/h4-5H,3H2,1-2H3,(H,10,11). The van der Waals surface area contributed by atoms with Gasteiger partial charge in [0.05, 0.1) is 17.5 Å². The number of hydrogen-bond acceptors (Lipinski definition) is 2. The number of hydrogen-bond donors (Lipinski definition) is 1. The number of nitrogens with zero attached hydrogens (tertiary/aromatic N) is 2. The quantitative estimate of drug-likeness (QED) is 0.693. The molecule has 0 unspecified atom stereocenters. The van der Waals surface area contributed by atoms with E-state index < -0.39 is 0 Å². The predicted octanol–water partition coefficient (Wildman–Crippen LogP) is 1.83. The van der Waals surface area contributed by atoms with Gasteiger partial charge in [0, 0.05) is 5.69 Å². The van der Waals surface area contributed by atoms with E-state index in [1.54, 1.807) is 6.33 Å². The van der Waals surface area contributed by atoms with E-state index in [0.717, 1.165) is 28.8 Å². The Kier molecular flexibility index (Phi) is 1.57. The summed E-state index contributed by atoms with van der Waals surface area (Å²) in [4.78, 5) is 11.7. The Morgan fingerprint density at radius 3 is 3.08 bits per heavy atom. The number of H-pyrrole nitrogens is 1. The van der Waals surface area contributed by atoms with Gasteiger partial charge in [0.25, 0.3) is 0 Å². The summed E-state index contributed by atoms with van der Waals surface area (Å²) < 4.78 is 0. The van der Waals surface area contributed by atoms with Crippen LogP contribution in [-0.2, 0) is 6.42 Å². The number of pyridine rings is 1. The number of aromatic nitrogens is 3. The van der Waals surface area contributed by atoms with Crippen molar-refractivity contribution in [3.05, 3.63) is 23.8 Å². The van der Waals surface area contributed by atoms with Crippen molar-refractivity contribution in [2.24, 2.45) is 0 Å². The van der Waals surface area contributed by atoms with Gasteiger partial charge in [0.2, 0.25) is 0 Å². The summed E-state index contributed by atoms with van der Waals surface area (Å²) in [7, 11) is 0. The zero-order valence-corrected chi connectivity index (χ0v) is 7.26. The molecular formula is C9H11N3. The molecule has 0 aliphatic carbocycles. The molecule has 0 radical (unpaired) electrons. The van der Waals surface area contributed by atoms with Gasteiger partial charge < -0.3 is 4.98 Å². The summed E-state index contributed by atoms with van der Waals surface area (Å²) in [5.41, 5.74) is 4.18. The van der Waals surface area contributed by atoms with Crippen LogP contribution in [-0.4, -0.2) is 15.0 Å². The molecule has 1 N–H and O–H groups in total. The van der Waals surface area contributed by atoms with Crippen molar-refractivity contribution in [2.75, 3.05) is 0 Å². The second kappa shape index (κ2) is 2.59. The minimum absolute atomic E-state index is 0.968. The van der Waals surface area contributed by atoms with Crippen LogP contribution in [0.25, 0.3) is 11.0 Å². The fraction of sp³-hybridized carbons (Fsp3) is 0.333. The molecule has 0 aliphatic rings. The number of imidazole rings is 1. The first-order valence-corrected chi connectivity index (χ1v) is 4.11. The molecule has 0 spiro atoms. The Balaban J connectivity index is 2.75. The first-order chi connectivity index (χ1) is 5.81. The lowest BCUT2D eigenvalue weighted by atomic mass is 10.2. The fourth-order valence-electron chi connectivity index (χ4n) is 1.35. The number of fused-ring (bicyclic) bond motifs is 1. The molecule has 2 aromatic rings. The largest absolute Gasteiger partial charge is 0.344 e. The first-order valence-electron chi connectivity index (χ1n) is 4.11. The zero-order valence-electron chi connectivity index (χ0n) is 7.26. The number of nitrogens with one attached hydrogen (secondary N) is 1. The van der Waals surface area contributed by atoms with E-state index in [0.29, 0.717) is 0 Å². The number of rotatable bonds is 1. The molecule has 2 aromatic heterocycles. The van der Waals surface area contributed by atoms with Gasteiger partial charge in [0.15, 0.2) is 0 Å². The van der Waals surface area contributed by atoms with Crippen LogP contribution < -0.4 is 0 Å². The van der Waals surface area contributed by atoms with Gasteiger partial charge in [0.1, 0.15) is 5.52 Å². The van der Waals surface area contributed by atoms with Crippen molar-refractivity contribution in [3.8, 4) is 0 Å². The summed E-state index contributed by atoms with van der Waals surface area (Å²) in [6.07, 6.45) is 2.68. The van der Waals surface area contributed by atoms with Gasteiger partial charge in [-0.05, 0) is 19.4 Å². The van der Waals surface area contributed by atoms with Crippen LogP contribution in [0.15, 0.2) is 12.4 Å². The third kappa shape index (κ3) is 0.978. The number of aryl methyl sites for hydroxylation is 2. The minimum atomic E-state index is 0.968. The third-order valence-electron chi connectivity index (χ3n) is 2.00. The van der Waals surface area contributed by atoms with E-state index in [1.165, 1.54) is 0 Å². The minimum Gasteiger partial charge on any atom is -0.344 e. The van der Waals surface area contributed by atoms with Crippen LogP contribution in [0.1, 0.15) is 18.3 Å². The highest BCUT2D eigenvalue weighted by molar-refractivity contribution is 5.76. The molecule has 0 saturated carbocycles. The summed E-state index contributed by atoms with van der Waals surface area (Å²) in [5, 5.41) is 0. The van der Waals surface area contributed by atoms with Gasteiger partial charge >= 0.3 is 0 Å². The van der Waals surface area contributed by atoms with E-state index in [-0.39, 0.29) is 0 Å². The SMILES string of the molecule is CCc1cc2[nH]cnc2c(C)n1. The van der Waals surface area contributed by atoms with Crippen LogP contribution in [0, 0.1) is 6.92 Å². The van der Waals surface area contributed by atoms with Crippen molar-refractivity contribution < 1.29 is 0 Å². The number of aromatic amines is 1. The van der Waals surface area contributed by atoms with Crippen LogP contribution >= 0.6 is 0 Å². The Hall–Kier alpha value is -1.38. The third-order valence-corrected chi connectivity index (χ3v) is 2.00. The van der Waals surface area contributed by atoms with Crippen LogP contribution in [0.4, 0.5) is 0 Å². The molecular weight excluding hydrogens is 150 g/mol. The summed E-state index contributed by atoms with van der Waals surface area (Å²) in [6.45, 7) is 4.09.